The predicted molar refractivity (Wildman–Crippen MR) is 134 cm³/mol. The van der Waals surface area contributed by atoms with E-state index in [9.17, 15) is 13.6 Å². The number of pyridine rings is 1. The second-order valence-corrected chi connectivity index (χ2v) is 10.2. The molecule has 9 nitrogen and oxygen atoms in total. The number of anilines is 2. The number of carbonyl (C=O) groups is 1. The third kappa shape index (κ3) is 4.29. The highest BCUT2D eigenvalue weighted by Crippen LogP contribution is 2.48. The molecule has 0 aromatic carbocycles. The third-order valence-corrected chi connectivity index (χ3v) is 7.39. The van der Waals surface area contributed by atoms with Crippen molar-refractivity contribution in [1.29, 1.82) is 0 Å². The van der Waals surface area contributed by atoms with E-state index in [0.29, 0.717) is 29.4 Å². The molecule has 1 unspecified atom stereocenters. The molecule has 3 aromatic heterocycles. The van der Waals surface area contributed by atoms with E-state index >= 15 is 0 Å². The van der Waals surface area contributed by atoms with Crippen molar-refractivity contribution in [3.63, 3.8) is 0 Å². The highest BCUT2D eigenvalue weighted by atomic mass is 19.3. The Morgan fingerprint density at radius 2 is 2.03 bits per heavy atom. The molecule has 11 heteroatoms. The molecule has 5 rings (SSSR count). The van der Waals surface area contributed by atoms with Crippen molar-refractivity contribution in [2.75, 3.05) is 37.4 Å². The zero-order valence-electron chi connectivity index (χ0n) is 21.3. The van der Waals surface area contributed by atoms with E-state index in [1.54, 1.807) is 23.0 Å². The first-order valence-electron chi connectivity index (χ1n) is 12.4. The highest BCUT2D eigenvalue weighted by Gasteiger charge is 2.51. The number of amides is 1. The number of halogens is 2. The lowest BCUT2D eigenvalue weighted by atomic mass is 9.91. The molecular formula is C25H32F2N8O. The van der Waals surface area contributed by atoms with E-state index < -0.39 is 11.7 Å². The van der Waals surface area contributed by atoms with Gasteiger partial charge in [-0.1, -0.05) is 6.92 Å². The Morgan fingerprint density at radius 1 is 1.28 bits per heavy atom. The molecule has 2 fully saturated rings. The number of carbonyl (C=O) groups excluding carboxylic acids is 1. The van der Waals surface area contributed by atoms with Crippen LogP contribution in [0.2, 0.25) is 0 Å². The Labute approximate surface area is 208 Å². The lowest BCUT2D eigenvalue weighted by molar-refractivity contribution is -0.114. The molecule has 1 N–H and O–H groups in total. The maximum Gasteiger partial charge on any atom is 0.303 e. The number of hydrogen-bond donors (Lipinski definition) is 1. The summed E-state index contributed by atoms with van der Waals surface area (Å²) in [4.78, 5) is 28.9. The largest absolute Gasteiger partial charge is 0.353 e. The van der Waals surface area contributed by atoms with Crippen LogP contribution in [-0.4, -0.2) is 68.3 Å². The van der Waals surface area contributed by atoms with Crippen molar-refractivity contribution in [2.24, 2.45) is 5.92 Å². The number of likely N-dealkylation sites (N-methyl/N-ethyl adjacent to an activating group) is 1. The Morgan fingerprint density at radius 3 is 2.64 bits per heavy atom. The van der Waals surface area contributed by atoms with Gasteiger partial charge < -0.3 is 15.1 Å². The molecule has 1 saturated heterocycles. The van der Waals surface area contributed by atoms with Crippen LogP contribution in [0.1, 0.15) is 51.6 Å². The van der Waals surface area contributed by atoms with Crippen molar-refractivity contribution in [2.45, 2.75) is 57.9 Å². The normalized spacial score (nSPS) is 20.5. The second-order valence-electron chi connectivity index (χ2n) is 10.2. The summed E-state index contributed by atoms with van der Waals surface area (Å²) < 4.78 is 30.1. The number of nitrogens with zero attached hydrogens (tertiary/aromatic N) is 7. The smallest absolute Gasteiger partial charge is 0.303 e. The number of rotatable bonds is 7. The average Bonchev–Trinajstić information content (AvgIpc) is 3.46. The van der Waals surface area contributed by atoms with Crippen LogP contribution in [0, 0.1) is 5.92 Å². The van der Waals surface area contributed by atoms with Crippen LogP contribution >= 0.6 is 0 Å². The lowest BCUT2D eigenvalue weighted by Crippen LogP contribution is -2.48. The zero-order valence-corrected chi connectivity index (χ0v) is 21.3. The van der Waals surface area contributed by atoms with Crippen molar-refractivity contribution in [1.82, 2.24) is 29.6 Å². The summed E-state index contributed by atoms with van der Waals surface area (Å²) >= 11 is 0. The maximum absolute atomic E-state index is 14.3. The predicted octanol–water partition coefficient (Wildman–Crippen LogP) is 3.76. The summed E-state index contributed by atoms with van der Waals surface area (Å²) in [7, 11) is 4.28. The summed E-state index contributed by atoms with van der Waals surface area (Å²) in [5, 5.41) is 8.37. The monoisotopic (exact) mass is 498 g/mol. The zero-order chi connectivity index (χ0) is 25.8. The van der Waals surface area contributed by atoms with Gasteiger partial charge in [0.2, 0.25) is 11.7 Å². The van der Waals surface area contributed by atoms with Gasteiger partial charge in [-0.2, -0.15) is 8.78 Å². The van der Waals surface area contributed by atoms with Gasteiger partial charge in [0.25, 0.3) is 0 Å². The van der Waals surface area contributed by atoms with Gasteiger partial charge in [0.15, 0.2) is 11.6 Å². The molecule has 1 atom stereocenters. The van der Waals surface area contributed by atoms with E-state index in [1.807, 2.05) is 6.92 Å². The molecule has 2 aliphatic rings. The summed E-state index contributed by atoms with van der Waals surface area (Å²) in [6.45, 7) is 5.71. The topological polar surface area (TPSA) is 92.1 Å². The minimum atomic E-state index is -3.20. The number of hydrogen-bond acceptors (Lipinski definition) is 7. The number of fused-ring (bicyclic) bond motifs is 1. The van der Waals surface area contributed by atoms with Crippen LogP contribution in [0.3, 0.4) is 0 Å². The molecule has 0 radical (unpaired) electrons. The molecule has 4 heterocycles. The summed E-state index contributed by atoms with van der Waals surface area (Å²) in [6.07, 6.45) is 5.65. The Kier molecular flexibility index (Phi) is 5.93. The van der Waals surface area contributed by atoms with E-state index in [0.717, 1.165) is 37.6 Å². The Hall–Kier alpha value is -3.21. The molecule has 1 aliphatic heterocycles. The molecule has 192 valence electrons. The fraction of sp³-hybridized carbons (Fsp3) is 0.560. The van der Waals surface area contributed by atoms with Crippen LogP contribution in [0.25, 0.3) is 16.7 Å². The minimum Gasteiger partial charge on any atom is -0.353 e. The van der Waals surface area contributed by atoms with Crippen LogP contribution in [0.5, 0.6) is 0 Å². The highest BCUT2D eigenvalue weighted by molar-refractivity contribution is 5.95. The molecule has 1 saturated carbocycles. The number of nitrogens with one attached hydrogen (secondary N) is 1. The van der Waals surface area contributed by atoms with Crippen LogP contribution in [0.15, 0.2) is 18.3 Å². The molecular weight excluding hydrogens is 466 g/mol. The summed E-state index contributed by atoms with van der Waals surface area (Å²) in [5.74, 6) is -1.98. The number of aryl methyl sites for hydroxylation is 1. The van der Waals surface area contributed by atoms with Gasteiger partial charge >= 0.3 is 5.92 Å². The van der Waals surface area contributed by atoms with Gasteiger partial charge in [-0.3, -0.25) is 4.79 Å². The van der Waals surface area contributed by atoms with Crippen LogP contribution < -0.4 is 10.2 Å². The third-order valence-electron chi connectivity index (χ3n) is 7.39. The van der Waals surface area contributed by atoms with E-state index in [-0.39, 0.29) is 17.3 Å². The summed E-state index contributed by atoms with van der Waals surface area (Å²) in [6, 6.07) is 3.39. The first kappa shape index (κ1) is 24.5. The fourth-order valence-electron chi connectivity index (χ4n) is 5.30. The molecule has 0 bridgehead atoms. The van der Waals surface area contributed by atoms with Gasteiger partial charge in [0.05, 0.1) is 10.9 Å². The lowest BCUT2D eigenvalue weighted by Gasteiger charge is -2.36. The fourth-order valence-corrected chi connectivity index (χ4v) is 5.30. The van der Waals surface area contributed by atoms with E-state index in [2.05, 4.69) is 44.2 Å². The Balaban J connectivity index is 1.66. The average molecular weight is 499 g/mol. The SMILES string of the molecule is CCc1cc(-n2nc(N3CCC(C4CC4)(N(C)C)C3)c3cnc(NC(C)=O)cc32)nc(C(C)(F)F)n1. The Bertz CT molecular complexity index is 1310. The molecule has 1 amide bonds. The van der Waals surface area contributed by atoms with Gasteiger partial charge in [-0.25, -0.2) is 19.6 Å². The van der Waals surface area contributed by atoms with Gasteiger partial charge in [-0.05, 0) is 45.7 Å². The van der Waals surface area contributed by atoms with Crippen LogP contribution in [0.4, 0.5) is 20.4 Å². The van der Waals surface area contributed by atoms with Crippen molar-refractivity contribution < 1.29 is 13.6 Å². The molecule has 0 spiro atoms. The van der Waals surface area contributed by atoms with Gasteiger partial charge in [0, 0.05) is 56.5 Å². The van der Waals surface area contributed by atoms with Crippen molar-refractivity contribution in [3.05, 3.63) is 29.8 Å². The quantitative estimate of drug-likeness (QED) is 0.530. The second kappa shape index (κ2) is 8.72. The number of alkyl halides is 2. The van der Waals surface area contributed by atoms with E-state index in [1.165, 1.54) is 19.8 Å². The van der Waals surface area contributed by atoms with Crippen molar-refractivity contribution >= 4 is 28.4 Å². The first-order chi connectivity index (χ1) is 17.0. The molecule has 1 aliphatic carbocycles. The van der Waals surface area contributed by atoms with Gasteiger partial charge in [-0.15, -0.1) is 5.10 Å². The minimum absolute atomic E-state index is 0.0847. The molecule has 3 aromatic rings. The maximum atomic E-state index is 14.3. The summed E-state index contributed by atoms with van der Waals surface area (Å²) in [5.41, 5.74) is 1.21. The van der Waals surface area contributed by atoms with E-state index in [4.69, 9.17) is 5.10 Å². The van der Waals surface area contributed by atoms with Crippen LogP contribution in [-0.2, 0) is 17.1 Å². The van der Waals surface area contributed by atoms with Gasteiger partial charge in [0.1, 0.15) is 5.82 Å². The first-order valence-corrected chi connectivity index (χ1v) is 12.4. The standard InChI is InChI=1S/C25H32F2N8O/c1-6-17-11-21(31-23(30-17)24(3,26)27)35-19-12-20(29-15(2)36)28-13-18(19)22(32-35)34-10-9-25(14-34,33(4)5)16-7-8-16/h11-13,16H,6-10,14H2,1-5H3,(H,28,29,36). The number of aromatic nitrogens is 5. The van der Waals surface area contributed by atoms with Crippen molar-refractivity contribution in [3.8, 4) is 5.82 Å². The molecule has 36 heavy (non-hydrogen) atoms.